The van der Waals surface area contributed by atoms with Gasteiger partial charge in [-0.3, -0.25) is 0 Å². The van der Waals surface area contributed by atoms with Crippen molar-refractivity contribution in [1.29, 1.82) is 0 Å². The van der Waals surface area contributed by atoms with Gasteiger partial charge in [-0.15, -0.1) is 0 Å². The minimum atomic E-state index is 0.623. The Morgan fingerprint density at radius 3 is 1.73 bits per heavy atom. The maximum absolute atomic E-state index is 4.13. The Morgan fingerprint density at radius 2 is 1.33 bits per heavy atom. The van der Waals surface area contributed by atoms with E-state index in [1.165, 1.54) is 36.0 Å². The SMILES string of the molecule is C=C(C)C1CCC(C(=C)C)C(C(=C)C)C1. The number of allylic oxidation sites excluding steroid dienone is 3. The van der Waals surface area contributed by atoms with Gasteiger partial charge in [-0.1, -0.05) is 36.5 Å². The fourth-order valence-corrected chi connectivity index (χ4v) is 2.75. The standard InChI is InChI=1S/C15H24/c1-10(2)13-7-8-14(11(3)4)15(9-13)12(5)6/h13-15H,1,3,5,7-9H2,2,4,6H3. The topological polar surface area (TPSA) is 0 Å². The van der Waals surface area contributed by atoms with Crippen LogP contribution >= 0.6 is 0 Å². The lowest BCUT2D eigenvalue weighted by Gasteiger charge is -2.37. The molecular formula is C15H24. The van der Waals surface area contributed by atoms with Crippen LogP contribution < -0.4 is 0 Å². The Bertz CT molecular complexity index is 282. The van der Waals surface area contributed by atoms with Crippen LogP contribution in [-0.4, -0.2) is 0 Å². The minimum absolute atomic E-state index is 0.623. The van der Waals surface area contributed by atoms with Gasteiger partial charge in [0.1, 0.15) is 0 Å². The minimum Gasteiger partial charge on any atom is -0.0999 e. The van der Waals surface area contributed by atoms with Gasteiger partial charge in [-0.05, 0) is 57.8 Å². The van der Waals surface area contributed by atoms with Gasteiger partial charge in [0.2, 0.25) is 0 Å². The van der Waals surface area contributed by atoms with Gasteiger partial charge in [0.25, 0.3) is 0 Å². The first-order chi connectivity index (χ1) is 6.93. The lowest BCUT2D eigenvalue weighted by atomic mass is 9.68. The monoisotopic (exact) mass is 204 g/mol. The molecule has 0 heteroatoms. The molecule has 1 fully saturated rings. The first kappa shape index (κ1) is 12.3. The van der Waals surface area contributed by atoms with Crippen LogP contribution in [0.5, 0.6) is 0 Å². The fourth-order valence-electron chi connectivity index (χ4n) is 2.75. The highest BCUT2D eigenvalue weighted by Gasteiger charge is 2.31. The van der Waals surface area contributed by atoms with Crippen molar-refractivity contribution in [1.82, 2.24) is 0 Å². The van der Waals surface area contributed by atoms with Crippen molar-refractivity contribution in [3.63, 3.8) is 0 Å². The number of hydrogen-bond acceptors (Lipinski definition) is 0. The molecular weight excluding hydrogens is 180 g/mol. The highest BCUT2D eigenvalue weighted by atomic mass is 14.4. The van der Waals surface area contributed by atoms with E-state index in [0.29, 0.717) is 17.8 Å². The Kier molecular flexibility index (Phi) is 3.96. The molecule has 0 saturated heterocycles. The molecule has 0 aromatic rings. The second-order valence-electron chi connectivity index (χ2n) is 5.26. The molecule has 15 heavy (non-hydrogen) atoms. The lowest BCUT2D eigenvalue weighted by Crippen LogP contribution is -2.26. The van der Waals surface area contributed by atoms with E-state index in [9.17, 15) is 0 Å². The van der Waals surface area contributed by atoms with Crippen LogP contribution in [0.25, 0.3) is 0 Å². The Morgan fingerprint density at radius 1 is 0.800 bits per heavy atom. The summed E-state index contributed by atoms with van der Waals surface area (Å²) < 4.78 is 0. The third kappa shape index (κ3) is 2.84. The van der Waals surface area contributed by atoms with Gasteiger partial charge in [0, 0.05) is 0 Å². The van der Waals surface area contributed by atoms with Crippen molar-refractivity contribution >= 4 is 0 Å². The average Bonchev–Trinajstić information content (AvgIpc) is 2.16. The maximum atomic E-state index is 4.13. The lowest BCUT2D eigenvalue weighted by molar-refractivity contribution is 0.258. The second kappa shape index (κ2) is 4.83. The Labute approximate surface area is 94.8 Å². The smallest absolute Gasteiger partial charge is 0.0138 e. The van der Waals surface area contributed by atoms with E-state index in [4.69, 9.17) is 0 Å². The summed E-state index contributed by atoms with van der Waals surface area (Å²) in [5.74, 6) is 1.97. The van der Waals surface area contributed by atoms with Crippen molar-refractivity contribution in [2.75, 3.05) is 0 Å². The Hall–Kier alpha value is -0.780. The summed E-state index contributed by atoms with van der Waals surface area (Å²) in [6.07, 6.45) is 3.75. The van der Waals surface area contributed by atoms with Gasteiger partial charge in [0.15, 0.2) is 0 Å². The molecule has 3 atom stereocenters. The highest BCUT2D eigenvalue weighted by molar-refractivity contribution is 5.14. The van der Waals surface area contributed by atoms with Crippen molar-refractivity contribution in [2.45, 2.75) is 40.0 Å². The molecule has 0 aliphatic heterocycles. The van der Waals surface area contributed by atoms with Crippen LogP contribution in [0.1, 0.15) is 40.0 Å². The zero-order valence-corrected chi connectivity index (χ0v) is 10.5. The number of hydrogen-bond donors (Lipinski definition) is 0. The van der Waals surface area contributed by atoms with Crippen molar-refractivity contribution in [3.05, 3.63) is 36.5 Å². The van der Waals surface area contributed by atoms with Crippen LogP contribution in [0.4, 0.5) is 0 Å². The average molecular weight is 204 g/mol. The van der Waals surface area contributed by atoms with Crippen LogP contribution in [-0.2, 0) is 0 Å². The van der Waals surface area contributed by atoms with Crippen LogP contribution in [0.15, 0.2) is 36.5 Å². The number of rotatable bonds is 3. The molecule has 0 amide bonds. The zero-order valence-electron chi connectivity index (χ0n) is 10.5. The van der Waals surface area contributed by atoms with Gasteiger partial charge < -0.3 is 0 Å². The largest absolute Gasteiger partial charge is 0.0999 e. The first-order valence-corrected chi connectivity index (χ1v) is 5.89. The molecule has 0 nitrogen and oxygen atoms in total. The zero-order chi connectivity index (χ0) is 11.6. The molecule has 3 unspecified atom stereocenters. The first-order valence-electron chi connectivity index (χ1n) is 5.89. The van der Waals surface area contributed by atoms with Crippen molar-refractivity contribution in [2.24, 2.45) is 17.8 Å². The summed E-state index contributed by atoms with van der Waals surface area (Å²) in [7, 11) is 0. The van der Waals surface area contributed by atoms with E-state index in [1.54, 1.807) is 0 Å². The second-order valence-corrected chi connectivity index (χ2v) is 5.26. The van der Waals surface area contributed by atoms with E-state index in [0.717, 1.165) is 0 Å². The molecule has 1 saturated carbocycles. The van der Waals surface area contributed by atoms with Gasteiger partial charge in [-0.25, -0.2) is 0 Å². The summed E-state index contributed by atoms with van der Waals surface area (Å²) in [5.41, 5.74) is 3.97. The highest BCUT2D eigenvalue weighted by Crippen LogP contribution is 2.42. The van der Waals surface area contributed by atoms with Crippen molar-refractivity contribution in [3.8, 4) is 0 Å². The van der Waals surface area contributed by atoms with Gasteiger partial charge in [-0.2, -0.15) is 0 Å². The van der Waals surface area contributed by atoms with Crippen LogP contribution in [0.2, 0.25) is 0 Å². The predicted octanol–water partition coefficient (Wildman–Crippen LogP) is 4.75. The molecule has 1 rings (SSSR count). The van der Waals surface area contributed by atoms with E-state index >= 15 is 0 Å². The van der Waals surface area contributed by atoms with Crippen LogP contribution in [0.3, 0.4) is 0 Å². The summed E-state index contributed by atoms with van der Waals surface area (Å²) >= 11 is 0. The van der Waals surface area contributed by atoms with Gasteiger partial charge in [0.05, 0.1) is 0 Å². The molecule has 1 aliphatic carbocycles. The molecule has 0 radical (unpaired) electrons. The van der Waals surface area contributed by atoms with E-state index in [1.807, 2.05) is 0 Å². The van der Waals surface area contributed by atoms with E-state index in [2.05, 4.69) is 40.5 Å². The predicted molar refractivity (Wildman–Crippen MR) is 68.8 cm³/mol. The maximum Gasteiger partial charge on any atom is -0.0138 e. The summed E-state index contributed by atoms with van der Waals surface area (Å²) in [5, 5.41) is 0. The molecule has 0 aromatic carbocycles. The molecule has 0 aromatic heterocycles. The molecule has 0 spiro atoms. The quantitative estimate of drug-likeness (QED) is 0.582. The van der Waals surface area contributed by atoms with E-state index in [-0.39, 0.29) is 0 Å². The summed E-state index contributed by atoms with van der Waals surface area (Å²) in [6, 6.07) is 0. The van der Waals surface area contributed by atoms with E-state index < -0.39 is 0 Å². The molecule has 0 heterocycles. The van der Waals surface area contributed by atoms with Crippen molar-refractivity contribution < 1.29 is 0 Å². The van der Waals surface area contributed by atoms with Crippen LogP contribution in [0, 0.1) is 17.8 Å². The van der Waals surface area contributed by atoms with Gasteiger partial charge >= 0.3 is 0 Å². The third-order valence-corrected chi connectivity index (χ3v) is 3.81. The summed E-state index contributed by atoms with van der Waals surface area (Å²) in [6.45, 7) is 18.8. The normalized spacial score (nSPS) is 31.0. The molecule has 84 valence electrons. The molecule has 1 aliphatic rings. The fraction of sp³-hybridized carbons (Fsp3) is 0.600. The molecule has 0 bridgehead atoms. The Balaban J connectivity index is 2.78. The molecule has 0 N–H and O–H groups in total. The summed E-state index contributed by atoms with van der Waals surface area (Å²) in [4.78, 5) is 0. The third-order valence-electron chi connectivity index (χ3n) is 3.81.